The molecule has 0 unspecified atom stereocenters. The van der Waals surface area contributed by atoms with Crippen molar-refractivity contribution in [2.45, 2.75) is 13.8 Å². The van der Waals surface area contributed by atoms with Gasteiger partial charge in [0.05, 0.1) is 5.69 Å². The van der Waals surface area contributed by atoms with E-state index in [2.05, 4.69) is 30.7 Å². The molecule has 1 aliphatic rings. The summed E-state index contributed by atoms with van der Waals surface area (Å²) in [5.74, 6) is 1.91. The molecule has 1 fully saturated rings. The van der Waals surface area contributed by atoms with Gasteiger partial charge in [-0.05, 0) is 26.0 Å². The predicted octanol–water partition coefficient (Wildman–Crippen LogP) is 3.05. The van der Waals surface area contributed by atoms with Gasteiger partial charge in [0.2, 0.25) is 5.96 Å². The van der Waals surface area contributed by atoms with Crippen molar-refractivity contribution in [3.63, 3.8) is 0 Å². The van der Waals surface area contributed by atoms with Crippen LogP contribution in [0.1, 0.15) is 13.8 Å². The summed E-state index contributed by atoms with van der Waals surface area (Å²) >= 11 is 1.80. The Morgan fingerprint density at radius 2 is 1.95 bits per heavy atom. The molecule has 0 bridgehead atoms. The molecule has 0 aromatic heterocycles. The van der Waals surface area contributed by atoms with Gasteiger partial charge in [-0.3, -0.25) is 0 Å². The average Bonchev–Trinajstić information content (AvgIpc) is 2.87. The highest BCUT2D eigenvalue weighted by molar-refractivity contribution is 8.14. The first-order chi connectivity index (χ1) is 9.74. The number of para-hydroxylation sites is 1. The first kappa shape index (κ1) is 14.9. The standard InChI is InChI=1S/C15H22N4S/c1-4-19(5-2)14(16-13-9-7-6-8-10-13)17-15-18(3)11-12-20-15/h6-10H,4-5,11-12H2,1-3H3. The molecule has 1 saturated heterocycles. The molecular formula is C15H22N4S. The molecule has 0 N–H and O–H groups in total. The molecule has 0 amide bonds. The predicted molar refractivity (Wildman–Crippen MR) is 89.0 cm³/mol. The van der Waals surface area contributed by atoms with Gasteiger partial charge in [0.1, 0.15) is 0 Å². The normalized spacial score (nSPS) is 17.9. The van der Waals surface area contributed by atoms with E-state index in [1.807, 2.05) is 30.3 Å². The number of amidine groups is 1. The molecule has 20 heavy (non-hydrogen) atoms. The van der Waals surface area contributed by atoms with E-state index in [0.29, 0.717) is 0 Å². The van der Waals surface area contributed by atoms with E-state index in [0.717, 1.165) is 42.2 Å². The highest BCUT2D eigenvalue weighted by Gasteiger charge is 2.17. The zero-order chi connectivity index (χ0) is 14.4. The summed E-state index contributed by atoms with van der Waals surface area (Å²) in [4.78, 5) is 13.9. The largest absolute Gasteiger partial charge is 0.353 e. The van der Waals surface area contributed by atoms with Crippen LogP contribution in [-0.2, 0) is 0 Å². The lowest BCUT2D eigenvalue weighted by molar-refractivity contribution is 0.459. The number of rotatable bonds is 3. The van der Waals surface area contributed by atoms with E-state index in [1.54, 1.807) is 11.8 Å². The molecule has 1 aliphatic heterocycles. The Bertz CT molecular complexity index is 480. The van der Waals surface area contributed by atoms with Crippen molar-refractivity contribution < 1.29 is 0 Å². The maximum atomic E-state index is 4.78. The molecule has 108 valence electrons. The van der Waals surface area contributed by atoms with Crippen LogP contribution >= 0.6 is 11.8 Å². The van der Waals surface area contributed by atoms with Crippen LogP contribution in [0.3, 0.4) is 0 Å². The van der Waals surface area contributed by atoms with Gasteiger partial charge < -0.3 is 9.80 Å². The SMILES string of the molecule is CCN(CC)C(N=C1SCCN1C)=Nc1ccccc1. The maximum Gasteiger partial charge on any atom is 0.228 e. The first-order valence-electron chi connectivity index (χ1n) is 7.06. The summed E-state index contributed by atoms with van der Waals surface area (Å²) in [6.07, 6.45) is 0. The van der Waals surface area contributed by atoms with Gasteiger partial charge >= 0.3 is 0 Å². The molecule has 0 atom stereocenters. The Hall–Kier alpha value is -1.49. The third kappa shape index (κ3) is 3.76. The van der Waals surface area contributed by atoms with Gasteiger partial charge in [0, 0.05) is 32.4 Å². The maximum absolute atomic E-state index is 4.78. The van der Waals surface area contributed by atoms with E-state index >= 15 is 0 Å². The fourth-order valence-corrected chi connectivity index (χ4v) is 2.98. The smallest absolute Gasteiger partial charge is 0.228 e. The monoisotopic (exact) mass is 290 g/mol. The molecule has 1 aromatic carbocycles. The van der Waals surface area contributed by atoms with Crippen LogP contribution in [0.2, 0.25) is 0 Å². The first-order valence-corrected chi connectivity index (χ1v) is 8.04. The molecule has 1 heterocycles. The quantitative estimate of drug-likeness (QED) is 0.633. The number of hydrogen-bond acceptors (Lipinski definition) is 2. The molecule has 0 aliphatic carbocycles. The Morgan fingerprint density at radius 3 is 2.50 bits per heavy atom. The Morgan fingerprint density at radius 1 is 1.25 bits per heavy atom. The lowest BCUT2D eigenvalue weighted by Crippen LogP contribution is -2.31. The summed E-state index contributed by atoms with van der Waals surface area (Å²) in [5, 5.41) is 1.06. The summed E-state index contributed by atoms with van der Waals surface area (Å²) in [7, 11) is 2.08. The number of benzene rings is 1. The van der Waals surface area contributed by atoms with Crippen molar-refractivity contribution >= 4 is 28.6 Å². The minimum atomic E-state index is 0.803. The van der Waals surface area contributed by atoms with Crippen molar-refractivity contribution in [1.29, 1.82) is 0 Å². The third-order valence-electron chi connectivity index (χ3n) is 3.21. The fraction of sp³-hybridized carbons (Fsp3) is 0.467. The molecular weight excluding hydrogens is 268 g/mol. The van der Waals surface area contributed by atoms with Crippen LogP contribution in [-0.4, -0.2) is 53.4 Å². The van der Waals surface area contributed by atoms with E-state index in [9.17, 15) is 0 Å². The zero-order valence-electron chi connectivity index (χ0n) is 12.4. The van der Waals surface area contributed by atoms with Crippen molar-refractivity contribution in [3.05, 3.63) is 30.3 Å². The average molecular weight is 290 g/mol. The number of aliphatic imine (C=N–C) groups is 2. The minimum Gasteiger partial charge on any atom is -0.353 e. The van der Waals surface area contributed by atoms with E-state index < -0.39 is 0 Å². The summed E-state index contributed by atoms with van der Waals surface area (Å²) in [6.45, 7) is 7.15. The number of hydrogen-bond donors (Lipinski definition) is 0. The molecule has 5 heteroatoms. The van der Waals surface area contributed by atoms with Gasteiger partial charge in [0.25, 0.3) is 0 Å². The summed E-state index contributed by atoms with van der Waals surface area (Å²) < 4.78 is 0. The second kappa shape index (κ2) is 7.33. The van der Waals surface area contributed by atoms with Crippen LogP contribution in [0.15, 0.2) is 40.3 Å². The molecule has 1 aromatic rings. The van der Waals surface area contributed by atoms with Crippen molar-refractivity contribution in [1.82, 2.24) is 9.80 Å². The van der Waals surface area contributed by atoms with E-state index in [-0.39, 0.29) is 0 Å². The number of thioether (sulfide) groups is 1. The van der Waals surface area contributed by atoms with Crippen LogP contribution in [0.5, 0.6) is 0 Å². The topological polar surface area (TPSA) is 31.2 Å². The van der Waals surface area contributed by atoms with E-state index in [4.69, 9.17) is 9.98 Å². The van der Waals surface area contributed by atoms with Gasteiger partial charge in [0.15, 0.2) is 5.17 Å². The minimum absolute atomic E-state index is 0.803. The van der Waals surface area contributed by atoms with Gasteiger partial charge in [-0.15, -0.1) is 0 Å². The Balaban J connectivity index is 2.32. The number of nitrogens with zero attached hydrogens (tertiary/aromatic N) is 4. The zero-order valence-corrected chi connectivity index (χ0v) is 13.2. The van der Waals surface area contributed by atoms with Gasteiger partial charge in [-0.2, -0.15) is 4.99 Å². The van der Waals surface area contributed by atoms with Crippen LogP contribution in [0, 0.1) is 0 Å². The second-order valence-corrected chi connectivity index (χ2v) is 5.65. The van der Waals surface area contributed by atoms with Crippen molar-refractivity contribution in [2.75, 3.05) is 32.4 Å². The second-order valence-electron chi connectivity index (χ2n) is 4.58. The lowest BCUT2D eigenvalue weighted by atomic mass is 10.3. The highest BCUT2D eigenvalue weighted by atomic mass is 32.2. The molecule has 4 nitrogen and oxygen atoms in total. The van der Waals surface area contributed by atoms with Crippen LogP contribution in [0.25, 0.3) is 0 Å². The Labute approximate surface area is 125 Å². The fourth-order valence-electron chi connectivity index (χ4n) is 1.97. The van der Waals surface area contributed by atoms with Crippen molar-refractivity contribution in [3.8, 4) is 0 Å². The molecule has 0 saturated carbocycles. The lowest BCUT2D eigenvalue weighted by Gasteiger charge is -2.21. The van der Waals surface area contributed by atoms with Crippen LogP contribution in [0.4, 0.5) is 5.69 Å². The third-order valence-corrected chi connectivity index (χ3v) is 4.26. The van der Waals surface area contributed by atoms with Crippen molar-refractivity contribution in [2.24, 2.45) is 9.98 Å². The number of guanidine groups is 1. The van der Waals surface area contributed by atoms with Gasteiger partial charge in [-0.25, -0.2) is 4.99 Å². The summed E-state index contributed by atoms with van der Waals surface area (Å²) in [5.41, 5.74) is 0.949. The van der Waals surface area contributed by atoms with Gasteiger partial charge in [-0.1, -0.05) is 30.0 Å². The molecule has 0 radical (unpaired) electrons. The molecule has 0 spiro atoms. The van der Waals surface area contributed by atoms with E-state index in [1.165, 1.54) is 0 Å². The Kier molecular flexibility index (Phi) is 5.47. The van der Waals surface area contributed by atoms with Crippen LogP contribution < -0.4 is 0 Å². The summed E-state index contributed by atoms with van der Waals surface area (Å²) in [6, 6.07) is 10.0. The highest BCUT2D eigenvalue weighted by Crippen LogP contribution is 2.18. The molecule has 2 rings (SSSR count).